The molecule has 30 heavy (non-hydrogen) atoms. The Morgan fingerprint density at radius 1 is 1.03 bits per heavy atom. The lowest BCUT2D eigenvalue weighted by molar-refractivity contribution is -0.134. The summed E-state index contributed by atoms with van der Waals surface area (Å²) in [6.45, 7) is 6.08. The van der Waals surface area contributed by atoms with E-state index in [9.17, 15) is 4.79 Å². The fourth-order valence-electron chi connectivity index (χ4n) is 3.24. The van der Waals surface area contributed by atoms with Gasteiger partial charge in [0.15, 0.2) is 6.61 Å². The number of aromatic nitrogens is 1. The Morgan fingerprint density at radius 3 is 2.50 bits per heavy atom. The van der Waals surface area contributed by atoms with Gasteiger partial charge in [0.2, 0.25) is 0 Å². The summed E-state index contributed by atoms with van der Waals surface area (Å²) in [7, 11) is 0. The number of carbonyl (C=O) groups is 1. The zero-order valence-corrected chi connectivity index (χ0v) is 18.7. The van der Waals surface area contributed by atoms with Crippen LogP contribution in [-0.4, -0.2) is 28.5 Å². The fraction of sp³-hybridized carbons (Fsp3) is 0.292. The summed E-state index contributed by atoms with van der Waals surface area (Å²) in [5.74, 6) is 0.927. The van der Waals surface area contributed by atoms with Gasteiger partial charge in [-0.2, -0.15) is 0 Å². The molecule has 0 aliphatic rings. The van der Waals surface area contributed by atoms with Crippen molar-refractivity contribution in [1.82, 2.24) is 9.47 Å². The van der Waals surface area contributed by atoms with Crippen LogP contribution < -0.4 is 4.74 Å². The third kappa shape index (κ3) is 6.54. The number of carbonyl (C=O) groups excluding carboxylic acids is 1. The van der Waals surface area contributed by atoms with Crippen LogP contribution >= 0.6 is 23.2 Å². The van der Waals surface area contributed by atoms with Crippen molar-refractivity contribution in [2.24, 2.45) is 5.92 Å². The van der Waals surface area contributed by atoms with Crippen molar-refractivity contribution in [2.75, 3.05) is 13.2 Å². The van der Waals surface area contributed by atoms with E-state index in [2.05, 4.69) is 18.4 Å². The van der Waals surface area contributed by atoms with E-state index < -0.39 is 0 Å². The molecule has 3 rings (SSSR count). The van der Waals surface area contributed by atoms with E-state index in [1.807, 2.05) is 47.5 Å². The van der Waals surface area contributed by atoms with Crippen LogP contribution in [0.2, 0.25) is 10.0 Å². The maximum atomic E-state index is 12.9. The Labute approximate surface area is 188 Å². The molecule has 6 heteroatoms. The van der Waals surface area contributed by atoms with Crippen LogP contribution in [0.3, 0.4) is 0 Å². The number of benzene rings is 2. The lowest BCUT2D eigenvalue weighted by Gasteiger charge is -2.25. The van der Waals surface area contributed by atoms with Crippen LogP contribution in [0.1, 0.15) is 25.1 Å². The number of amides is 1. The molecule has 0 atom stereocenters. The number of nitrogens with zero attached hydrogens (tertiary/aromatic N) is 2. The molecule has 1 heterocycles. The standard InChI is InChI=1S/C24H26Cl2N2O2/c1-18(2)14-28(24(29)17-30-23-10-8-20(25)9-11-23)16-22-7-4-12-27(22)15-19-5-3-6-21(26)13-19/h3-13,18H,14-17H2,1-2H3. The van der Waals surface area contributed by atoms with Gasteiger partial charge in [0.25, 0.3) is 5.91 Å². The molecule has 1 amide bonds. The summed E-state index contributed by atoms with van der Waals surface area (Å²) < 4.78 is 7.82. The van der Waals surface area contributed by atoms with E-state index in [4.69, 9.17) is 27.9 Å². The third-order valence-electron chi connectivity index (χ3n) is 4.63. The van der Waals surface area contributed by atoms with Gasteiger partial charge in [-0.1, -0.05) is 49.2 Å². The molecule has 0 N–H and O–H groups in total. The summed E-state index contributed by atoms with van der Waals surface area (Å²) in [5, 5.41) is 1.35. The summed E-state index contributed by atoms with van der Waals surface area (Å²) in [5.41, 5.74) is 2.18. The molecule has 0 aliphatic carbocycles. The highest BCUT2D eigenvalue weighted by molar-refractivity contribution is 6.30. The van der Waals surface area contributed by atoms with Gasteiger partial charge >= 0.3 is 0 Å². The average molecular weight is 445 g/mol. The summed E-state index contributed by atoms with van der Waals surface area (Å²) >= 11 is 12.0. The van der Waals surface area contributed by atoms with Crippen molar-refractivity contribution in [2.45, 2.75) is 26.9 Å². The highest BCUT2D eigenvalue weighted by Gasteiger charge is 2.18. The molecule has 0 fully saturated rings. The molecule has 0 saturated heterocycles. The second-order valence-corrected chi connectivity index (χ2v) is 8.54. The van der Waals surface area contributed by atoms with Crippen molar-refractivity contribution in [3.05, 3.63) is 88.2 Å². The first-order chi connectivity index (χ1) is 14.4. The van der Waals surface area contributed by atoms with Gasteiger partial charge in [0.05, 0.1) is 6.54 Å². The summed E-state index contributed by atoms with van der Waals surface area (Å²) in [6, 6.07) is 18.9. The monoisotopic (exact) mass is 444 g/mol. The van der Waals surface area contributed by atoms with Crippen molar-refractivity contribution in [3.8, 4) is 5.75 Å². The van der Waals surface area contributed by atoms with E-state index in [0.29, 0.717) is 36.3 Å². The van der Waals surface area contributed by atoms with Gasteiger partial charge in [-0.05, 0) is 60.0 Å². The van der Waals surface area contributed by atoms with Crippen LogP contribution in [0.15, 0.2) is 66.9 Å². The molecule has 0 aliphatic heterocycles. The minimum Gasteiger partial charge on any atom is -0.484 e. The maximum absolute atomic E-state index is 12.9. The van der Waals surface area contributed by atoms with Crippen LogP contribution in [0.25, 0.3) is 0 Å². The minimum absolute atomic E-state index is 0.0106. The molecule has 0 saturated carbocycles. The number of rotatable bonds is 9. The van der Waals surface area contributed by atoms with Crippen LogP contribution in [0.5, 0.6) is 5.75 Å². The highest BCUT2D eigenvalue weighted by Crippen LogP contribution is 2.17. The second-order valence-electron chi connectivity index (χ2n) is 7.67. The Morgan fingerprint density at radius 2 is 1.80 bits per heavy atom. The molecular weight excluding hydrogens is 419 g/mol. The number of hydrogen-bond donors (Lipinski definition) is 0. The van der Waals surface area contributed by atoms with Gasteiger partial charge in [0, 0.05) is 35.0 Å². The Hall–Kier alpha value is -2.43. The molecule has 3 aromatic rings. The minimum atomic E-state index is -0.0471. The predicted octanol–water partition coefficient (Wildman–Crippen LogP) is 5.91. The number of hydrogen-bond acceptors (Lipinski definition) is 2. The quantitative estimate of drug-likeness (QED) is 0.411. The normalized spacial score (nSPS) is 11.0. The predicted molar refractivity (Wildman–Crippen MR) is 122 cm³/mol. The molecule has 4 nitrogen and oxygen atoms in total. The smallest absolute Gasteiger partial charge is 0.260 e. The number of halogens is 2. The maximum Gasteiger partial charge on any atom is 0.260 e. The molecule has 0 spiro atoms. The van der Waals surface area contributed by atoms with Crippen molar-refractivity contribution < 1.29 is 9.53 Å². The van der Waals surface area contributed by atoms with Crippen LogP contribution in [0, 0.1) is 5.92 Å². The van der Waals surface area contributed by atoms with Crippen molar-refractivity contribution >= 4 is 29.1 Å². The average Bonchev–Trinajstić information content (AvgIpc) is 3.13. The molecule has 0 bridgehead atoms. The first-order valence-electron chi connectivity index (χ1n) is 9.95. The molecule has 1 aromatic heterocycles. The first kappa shape index (κ1) is 22.3. The second kappa shape index (κ2) is 10.6. The van der Waals surface area contributed by atoms with Gasteiger partial charge in [-0.25, -0.2) is 0 Å². The van der Waals surface area contributed by atoms with E-state index in [1.165, 1.54) is 0 Å². The highest BCUT2D eigenvalue weighted by atomic mass is 35.5. The molecule has 0 unspecified atom stereocenters. The Balaban J connectivity index is 1.68. The molecule has 0 radical (unpaired) electrons. The van der Waals surface area contributed by atoms with Gasteiger partial charge in [-0.3, -0.25) is 4.79 Å². The van der Waals surface area contributed by atoms with E-state index in [-0.39, 0.29) is 12.5 Å². The SMILES string of the molecule is CC(C)CN(Cc1cccn1Cc1cccc(Cl)c1)C(=O)COc1ccc(Cl)cc1. The summed E-state index contributed by atoms with van der Waals surface area (Å²) in [4.78, 5) is 14.8. The van der Waals surface area contributed by atoms with Crippen molar-refractivity contribution in [3.63, 3.8) is 0 Å². The van der Waals surface area contributed by atoms with Gasteiger partial charge in [-0.15, -0.1) is 0 Å². The largest absolute Gasteiger partial charge is 0.484 e. The molecule has 158 valence electrons. The zero-order chi connectivity index (χ0) is 21.5. The fourth-order valence-corrected chi connectivity index (χ4v) is 3.58. The Bertz CT molecular complexity index is 967. The molecular formula is C24H26Cl2N2O2. The van der Waals surface area contributed by atoms with E-state index >= 15 is 0 Å². The topological polar surface area (TPSA) is 34.5 Å². The third-order valence-corrected chi connectivity index (χ3v) is 5.12. The van der Waals surface area contributed by atoms with E-state index in [0.717, 1.165) is 16.3 Å². The molecule has 2 aromatic carbocycles. The number of ether oxygens (including phenoxy) is 1. The lowest BCUT2D eigenvalue weighted by Crippen LogP contribution is -2.37. The lowest BCUT2D eigenvalue weighted by atomic mass is 10.2. The Kier molecular flexibility index (Phi) is 7.83. The van der Waals surface area contributed by atoms with Crippen LogP contribution in [-0.2, 0) is 17.9 Å². The zero-order valence-electron chi connectivity index (χ0n) is 17.2. The summed E-state index contributed by atoms with van der Waals surface area (Å²) in [6.07, 6.45) is 2.03. The van der Waals surface area contributed by atoms with E-state index in [1.54, 1.807) is 24.3 Å². The van der Waals surface area contributed by atoms with Gasteiger partial charge in [0.1, 0.15) is 5.75 Å². The van der Waals surface area contributed by atoms with Crippen molar-refractivity contribution in [1.29, 1.82) is 0 Å². The van der Waals surface area contributed by atoms with Crippen LogP contribution in [0.4, 0.5) is 0 Å². The van der Waals surface area contributed by atoms with Gasteiger partial charge < -0.3 is 14.2 Å². The first-order valence-corrected chi connectivity index (χ1v) is 10.7.